The number of amides is 1. The zero-order chi connectivity index (χ0) is 13.3. The Labute approximate surface area is 106 Å². The standard InChI is InChI=1S/C11H9F2N3OS/c1-5-6(2)18-11(15-5)16-10(17)7-3-4-14-9(13)8(7)12/h3-4H,1-2H3,(H,15,16,17). The van der Waals surface area contributed by atoms with Crippen molar-refractivity contribution in [2.75, 3.05) is 5.32 Å². The number of carbonyl (C=O) groups excluding carboxylic acids is 1. The van der Waals surface area contributed by atoms with E-state index >= 15 is 0 Å². The average molecular weight is 269 g/mol. The molecule has 0 aliphatic heterocycles. The Balaban J connectivity index is 2.24. The second kappa shape index (κ2) is 4.77. The van der Waals surface area contributed by atoms with Crippen molar-refractivity contribution >= 4 is 22.4 Å². The minimum atomic E-state index is -1.30. The van der Waals surface area contributed by atoms with Gasteiger partial charge in [0.05, 0.1) is 11.3 Å². The van der Waals surface area contributed by atoms with Crippen molar-refractivity contribution < 1.29 is 13.6 Å². The third kappa shape index (κ3) is 2.35. The lowest BCUT2D eigenvalue weighted by Crippen LogP contribution is -2.14. The van der Waals surface area contributed by atoms with Crippen molar-refractivity contribution in [2.24, 2.45) is 0 Å². The summed E-state index contributed by atoms with van der Waals surface area (Å²) >= 11 is 1.27. The van der Waals surface area contributed by atoms with Gasteiger partial charge in [-0.2, -0.15) is 4.39 Å². The molecular formula is C11H9F2N3OS. The number of halogens is 2. The Kier molecular flexibility index (Phi) is 3.33. The summed E-state index contributed by atoms with van der Waals surface area (Å²) < 4.78 is 26.2. The van der Waals surface area contributed by atoms with Crippen molar-refractivity contribution in [1.82, 2.24) is 9.97 Å². The van der Waals surface area contributed by atoms with Gasteiger partial charge in [0.25, 0.3) is 5.91 Å². The minimum Gasteiger partial charge on any atom is -0.298 e. The van der Waals surface area contributed by atoms with Gasteiger partial charge in [-0.15, -0.1) is 11.3 Å². The van der Waals surface area contributed by atoms with Gasteiger partial charge in [0.2, 0.25) is 5.95 Å². The first-order valence-electron chi connectivity index (χ1n) is 5.04. The molecule has 0 saturated carbocycles. The number of rotatable bonds is 2. The molecule has 0 fully saturated rings. The largest absolute Gasteiger partial charge is 0.298 e. The maximum Gasteiger partial charge on any atom is 0.260 e. The fourth-order valence-corrected chi connectivity index (χ4v) is 2.09. The zero-order valence-electron chi connectivity index (χ0n) is 9.62. The fraction of sp³-hybridized carbons (Fsp3) is 0.182. The van der Waals surface area contributed by atoms with Crippen LogP contribution in [0.3, 0.4) is 0 Å². The first-order chi connectivity index (χ1) is 8.49. The zero-order valence-corrected chi connectivity index (χ0v) is 10.4. The maximum absolute atomic E-state index is 13.3. The predicted molar refractivity (Wildman–Crippen MR) is 63.7 cm³/mol. The Morgan fingerprint density at radius 3 is 2.72 bits per heavy atom. The topological polar surface area (TPSA) is 54.9 Å². The van der Waals surface area contributed by atoms with Crippen molar-refractivity contribution in [1.29, 1.82) is 0 Å². The molecule has 0 unspecified atom stereocenters. The molecule has 1 amide bonds. The van der Waals surface area contributed by atoms with E-state index in [0.717, 1.165) is 22.8 Å². The molecule has 0 aromatic carbocycles. The summed E-state index contributed by atoms with van der Waals surface area (Å²) in [5, 5.41) is 2.78. The van der Waals surface area contributed by atoms with E-state index in [-0.39, 0.29) is 0 Å². The molecule has 1 N–H and O–H groups in total. The number of anilines is 1. The normalized spacial score (nSPS) is 10.4. The van der Waals surface area contributed by atoms with Crippen molar-refractivity contribution in [3.63, 3.8) is 0 Å². The highest BCUT2D eigenvalue weighted by Gasteiger charge is 2.17. The molecule has 0 aliphatic carbocycles. The molecule has 2 aromatic rings. The average Bonchev–Trinajstić information content (AvgIpc) is 2.61. The molecule has 7 heteroatoms. The number of hydrogen-bond acceptors (Lipinski definition) is 4. The first kappa shape index (κ1) is 12.6. The highest BCUT2D eigenvalue weighted by Crippen LogP contribution is 2.22. The van der Waals surface area contributed by atoms with E-state index in [1.807, 2.05) is 6.92 Å². The summed E-state index contributed by atoms with van der Waals surface area (Å²) in [5.41, 5.74) is 0.393. The molecule has 0 atom stereocenters. The van der Waals surface area contributed by atoms with Gasteiger partial charge in [0.15, 0.2) is 10.9 Å². The van der Waals surface area contributed by atoms with Gasteiger partial charge in [0.1, 0.15) is 0 Å². The number of aryl methyl sites for hydroxylation is 2. The molecule has 4 nitrogen and oxygen atoms in total. The van der Waals surface area contributed by atoms with Crippen LogP contribution in [0.2, 0.25) is 0 Å². The van der Waals surface area contributed by atoms with E-state index in [9.17, 15) is 13.6 Å². The minimum absolute atomic E-state index is 0.353. The second-order valence-corrected chi connectivity index (χ2v) is 4.78. The molecule has 2 aromatic heterocycles. The van der Waals surface area contributed by atoms with Gasteiger partial charge in [-0.05, 0) is 19.9 Å². The molecule has 0 saturated heterocycles. The van der Waals surface area contributed by atoms with Crippen LogP contribution < -0.4 is 5.32 Å². The van der Waals surface area contributed by atoms with Crippen LogP contribution in [-0.2, 0) is 0 Å². The number of aromatic nitrogens is 2. The summed E-state index contributed by atoms with van der Waals surface area (Å²) in [6, 6.07) is 1.11. The Hall–Kier alpha value is -1.89. The van der Waals surface area contributed by atoms with E-state index in [1.165, 1.54) is 11.3 Å². The SMILES string of the molecule is Cc1nc(NC(=O)c2ccnc(F)c2F)sc1C. The summed E-state index contributed by atoms with van der Waals surface area (Å²) in [5.74, 6) is -3.31. The van der Waals surface area contributed by atoms with Crippen LogP contribution in [0.25, 0.3) is 0 Å². The Morgan fingerprint density at radius 2 is 2.11 bits per heavy atom. The molecule has 0 radical (unpaired) electrons. The lowest BCUT2D eigenvalue weighted by Gasteiger charge is -2.02. The molecule has 0 bridgehead atoms. The highest BCUT2D eigenvalue weighted by atomic mass is 32.1. The van der Waals surface area contributed by atoms with Crippen LogP contribution >= 0.6 is 11.3 Å². The van der Waals surface area contributed by atoms with Gasteiger partial charge in [-0.25, -0.2) is 14.4 Å². The monoisotopic (exact) mass is 269 g/mol. The van der Waals surface area contributed by atoms with E-state index in [1.54, 1.807) is 6.92 Å². The third-order valence-electron chi connectivity index (χ3n) is 2.34. The molecular weight excluding hydrogens is 260 g/mol. The van der Waals surface area contributed by atoms with Crippen molar-refractivity contribution in [3.05, 3.63) is 40.2 Å². The molecule has 0 aliphatic rings. The van der Waals surface area contributed by atoms with Crippen LogP contribution in [0.1, 0.15) is 20.9 Å². The maximum atomic E-state index is 13.3. The van der Waals surface area contributed by atoms with Crippen LogP contribution in [0.15, 0.2) is 12.3 Å². The second-order valence-electron chi connectivity index (χ2n) is 3.58. The van der Waals surface area contributed by atoms with Gasteiger partial charge in [-0.1, -0.05) is 0 Å². The lowest BCUT2D eigenvalue weighted by molar-refractivity contribution is 0.102. The molecule has 18 heavy (non-hydrogen) atoms. The summed E-state index contributed by atoms with van der Waals surface area (Å²) in [6.07, 6.45) is 1.03. The van der Waals surface area contributed by atoms with Gasteiger partial charge in [0, 0.05) is 11.1 Å². The van der Waals surface area contributed by atoms with Gasteiger partial charge >= 0.3 is 0 Å². The summed E-state index contributed by atoms with van der Waals surface area (Å²) in [7, 11) is 0. The predicted octanol–water partition coefficient (Wildman–Crippen LogP) is 2.69. The number of thiazole rings is 1. The molecule has 2 rings (SSSR count). The number of nitrogens with one attached hydrogen (secondary N) is 1. The van der Waals surface area contributed by atoms with Crippen LogP contribution in [0, 0.1) is 25.6 Å². The van der Waals surface area contributed by atoms with E-state index in [0.29, 0.717) is 5.13 Å². The third-order valence-corrected chi connectivity index (χ3v) is 3.33. The Bertz CT molecular complexity index is 593. The van der Waals surface area contributed by atoms with Crippen molar-refractivity contribution in [3.8, 4) is 0 Å². The number of hydrogen-bond donors (Lipinski definition) is 1. The fourth-order valence-electron chi connectivity index (χ4n) is 1.28. The van der Waals surface area contributed by atoms with E-state index < -0.39 is 23.2 Å². The van der Waals surface area contributed by atoms with Gasteiger partial charge < -0.3 is 0 Å². The number of carbonyl (C=O) groups is 1. The number of pyridine rings is 1. The lowest BCUT2D eigenvalue weighted by atomic mass is 10.2. The van der Waals surface area contributed by atoms with Crippen molar-refractivity contribution in [2.45, 2.75) is 13.8 Å². The molecule has 0 spiro atoms. The number of nitrogens with zero attached hydrogens (tertiary/aromatic N) is 2. The van der Waals surface area contributed by atoms with Crippen LogP contribution in [-0.4, -0.2) is 15.9 Å². The van der Waals surface area contributed by atoms with E-state index in [2.05, 4.69) is 15.3 Å². The van der Waals surface area contributed by atoms with Gasteiger partial charge in [-0.3, -0.25) is 10.1 Å². The van der Waals surface area contributed by atoms with Crippen LogP contribution in [0.5, 0.6) is 0 Å². The highest BCUT2D eigenvalue weighted by molar-refractivity contribution is 7.15. The van der Waals surface area contributed by atoms with E-state index in [4.69, 9.17) is 0 Å². The quantitative estimate of drug-likeness (QED) is 0.853. The molecule has 2 heterocycles. The smallest absolute Gasteiger partial charge is 0.260 e. The molecule has 94 valence electrons. The van der Waals surface area contributed by atoms with Crippen LogP contribution in [0.4, 0.5) is 13.9 Å². The first-order valence-corrected chi connectivity index (χ1v) is 5.86. The summed E-state index contributed by atoms with van der Waals surface area (Å²) in [4.78, 5) is 19.9. The Morgan fingerprint density at radius 1 is 1.39 bits per heavy atom. The summed E-state index contributed by atoms with van der Waals surface area (Å²) in [6.45, 7) is 3.66.